The van der Waals surface area contributed by atoms with Crippen LogP contribution in [0, 0.1) is 0 Å². The number of pyridine rings is 1. The predicted molar refractivity (Wildman–Crippen MR) is 101 cm³/mol. The molecule has 0 unspecified atom stereocenters. The van der Waals surface area contributed by atoms with Crippen LogP contribution in [0.4, 0.5) is 0 Å². The van der Waals surface area contributed by atoms with Crippen LogP contribution in [0.3, 0.4) is 0 Å². The van der Waals surface area contributed by atoms with Gasteiger partial charge in [-0.15, -0.1) is 0 Å². The van der Waals surface area contributed by atoms with E-state index in [1.807, 2.05) is 66.7 Å². The molecule has 0 saturated carbocycles. The minimum absolute atomic E-state index is 0.0612. The summed E-state index contributed by atoms with van der Waals surface area (Å²) in [4.78, 5) is 21.0. The molecule has 0 aliphatic rings. The largest absolute Gasteiger partial charge is 0.353 e. The second-order valence-electron chi connectivity index (χ2n) is 6.11. The number of rotatable bonds is 2. The molecule has 0 bridgehead atoms. The Morgan fingerprint density at radius 1 is 0.760 bits per heavy atom. The summed E-state index contributed by atoms with van der Waals surface area (Å²) in [6, 6.07) is 23.7. The molecule has 0 aliphatic heterocycles. The Morgan fingerprint density at radius 2 is 1.52 bits per heavy atom. The summed E-state index contributed by atoms with van der Waals surface area (Å²) < 4.78 is 0. The Hall–Kier alpha value is -3.46. The van der Waals surface area contributed by atoms with Crippen molar-refractivity contribution in [3.8, 4) is 0 Å². The second-order valence-corrected chi connectivity index (χ2v) is 6.11. The standard InChI is InChI=1S/C22H14N2O/c25-22(18-10-5-7-14-6-1-2-8-15(14)18)21-20-17(12-13-23-21)16-9-3-4-11-19(16)24-20/h1-13,24H. The van der Waals surface area contributed by atoms with Gasteiger partial charge in [-0.1, -0.05) is 60.7 Å². The Bertz CT molecular complexity index is 1260. The third kappa shape index (κ3) is 2.06. The van der Waals surface area contributed by atoms with Gasteiger partial charge in [-0.2, -0.15) is 0 Å². The highest BCUT2D eigenvalue weighted by molar-refractivity contribution is 6.22. The molecule has 3 aromatic carbocycles. The van der Waals surface area contributed by atoms with Crippen LogP contribution in [0.15, 0.2) is 79.0 Å². The molecular formula is C22H14N2O. The molecule has 0 saturated heterocycles. The van der Waals surface area contributed by atoms with Crippen LogP contribution in [-0.4, -0.2) is 15.8 Å². The normalized spacial score (nSPS) is 11.4. The van der Waals surface area contributed by atoms with Gasteiger partial charge in [0.2, 0.25) is 5.78 Å². The van der Waals surface area contributed by atoms with Gasteiger partial charge in [0.05, 0.1) is 5.52 Å². The molecule has 3 heteroatoms. The maximum absolute atomic E-state index is 13.3. The number of ketones is 1. The summed E-state index contributed by atoms with van der Waals surface area (Å²) in [7, 11) is 0. The van der Waals surface area contributed by atoms with E-state index >= 15 is 0 Å². The SMILES string of the molecule is O=C(c1cccc2ccccc12)c1nccc2c1[nH]c1ccccc12. The Morgan fingerprint density at radius 3 is 2.44 bits per heavy atom. The molecular weight excluding hydrogens is 308 g/mol. The summed E-state index contributed by atoms with van der Waals surface area (Å²) in [5.74, 6) is -0.0612. The summed E-state index contributed by atoms with van der Waals surface area (Å²) in [5.41, 5.74) is 2.95. The van der Waals surface area contributed by atoms with Crippen LogP contribution < -0.4 is 0 Å². The van der Waals surface area contributed by atoms with Crippen LogP contribution in [-0.2, 0) is 0 Å². The first-order chi connectivity index (χ1) is 12.3. The van der Waals surface area contributed by atoms with E-state index in [1.165, 1.54) is 0 Å². The molecule has 1 N–H and O–H groups in total. The quantitative estimate of drug-likeness (QED) is 0.460. The number of hydrogen-bond acceptors (Lipinski definition) is 2. The van der Waals surface area contributed by atoms with Gasteiger partial charge in [-0.3, -0.25) is 9.78 Å². The van der Waals surface area contributed by atoms with E-state index in [1.54, 1.807) is 6.20 Å². The lowest BCUT2D eigenvalue weighted by Gasteiger charge is -2.06. The lowest BCUT2D eigenvalue weighted by molar-refractivity contribution is 0.103. The summed E-state index contributed by atoms with van der Waals surface area (Å²) in [5, 5.41) is 4.13. The number of hydrogen-bond donors (Lipinski definition) is 1. The molecule has 25 heavy (non-hydrogen) atoms. The van der Waals surface area contributed by atoms with Gasteiger partial charge in [0, 0.05) is 28.0 Å². The van der Waals surface area contributed by atoms with Gasteiger partial charge >= 0.3 is 0 Å². The van der Waals surface area contributed by atoms with Crippen LogP contribution in [0.25, 0.3) is 32.6 Å². The van der Waals surface area contributed by atoms with E-state index < -0.39 is 0 Å². The average Bonchev–Trinajstić information content (AvgIpc) is 3.06. The van der Waals surface area contributed by atoms with Crippen molar-refractivity contribution in [2.75, 3.05) is 0 Å². The Labute approximate surface area is 143 Å². The van der Waals surface area contributed by atoms with E-state index in [9.17, 15) is 4.79 Å². The van der Waals surface area contributed by atoms with Crippen molar-refractivity contribution in [2.24, 2.45) is 0 Å². The molecule has 118 valence electrons. The summed E-state index contributed by atoms with van der Waals surface area (Å²) >= 11 is 0. The zero-order valence-electron chi connectivity index (χ0n) is 13.4. The average molecular weight is 322 g/mol. The molecule has 0 amide bonds. The van der Waals surface area contributed by atoms with Crippen molar-refractivity contribution in [2.45, 2.75) is 0 Å². The van der Waals surface area contributed by atoms with E-state index in [4.69, 9.17) is 0 Å². The minimum Gasteiger partial charge on any atom is -0.353 e. The van der Waals surface area contributed by atoms with E-state index in [-0.39, 0.29) is 5.78 Å². The van der Waals surface area contributed by atoms with Crippen molar-refractivity contribution in [1.82, 2.24) is 9.97 Å². The summed E-state index contributed by atoms with van der Waals surface area (Å²) in [6.07, 6.45) is 1.71. The smallest absolute Gasteiger partial charge is 0.214 e. The number of fused-ring (bicyclic) bond motifs is 4. The van der Waals surface area contributed by atoms with Gasteiger partial charge < -0.3 is 4.98 Å². The number of nitrogens with one attached hydrogen (secondary N) is 1. The Balaban J connectivity index is 1.79. The number of benzene rings is 3. The van der Waals surface area contributed by atoms with Gasteiger partial charge in [0.25, 0.3) is 0 Å². The van der Waals surface area contributed by atoms with Gasteiger partial charge in [0.1, 0.15) is 5.69 Å². The molecule has 0 aliphatic carbocycles. The fourth-order valence-electron chi connectivity index (χ4n) is 3.50. The topological polar surface area (TPSA) is 45.8 Å². The first-order valence-electron chi connectivity index (χ1n) is 8.21. The highest BCUT2D eigenvalue weighted by Crippen LogP contribution is 2.29. The second kappa shape index (κ2) is 5.28. The Kier molecular flexibility index (Phi) is 2.94. The molecule has 0 atom stereocenters. The third-order valence-corrected chi connectivity index (χ3v) is 4.68. The highest BCUT2D eigenvalue weighted by atomic mass is 16.1. The maximum atomic E-state index is 13.3. The summed E-state index contributed by atoms with van der Waals surface area (Å²) in [6.45, 7) is 0. The highest BCUT2D eigenvalue weighted by Gasteiger charge is 2.18. The van der Waals surface area contributed by atoms with E-state index in [0.717, 1.165) is 32.6 Å². The zero-order chi connectivity index (χ0) is 16.8. The van der Waals surface area contributed by atoms with Gasteiger partial charge in [0.15, 0.2) is 0 Å². The monoisotopic (exact) mass is 322 g/mol. The van der Waals surface area contributed by atoms with Crippen LogP contribution in [0.5, 0.6) is 0 Å². The molecule has 2 aromatic heterocycles. The molecule has 0 fully saturated rings. The van der Waals surface area contributed by atoms with Gasteiger partial charge in [-0.25, -0.2) is 0 Å². The minimum atomic E-state index is -0.0612. The molecule has 0 spiro atoms. The number of carbonyl (C=O) groups is 1. The third-order valence-electron chi connectivity index (χ3n) is 4.68. The van der Waals surface area contributed by atoms with Crippen molar-refractivity contribution in [3.05, 3.63) is 90.3 Å². The number of carbonyl (C=O) groups excluding carboxylic acids is 1. The number of nitrogens with zero attached hydrogens (tertiary/aromatic N) is 1. The maximum Gasteiger partial charge on any atom is 0.214 e. The van der Waals surface area contributed by atoms with Crippen molar-refractivity contribution < 1.29 is 4.79 Å². The molecule has 5 aromatic rings. The van der Waals surface area contributed by atoms with Crippen molar-refractivity contribution in [3.63, 3.8) is 0 Å². The molecule has 3 nitrogen and oxygen atoms in total. The van der Waals surface area contributed by atoms with Crippen LogP contribution in [0.2, 0.25) is 0 Å². The van der Waals surface area contributed by atoms with E-state index in [2.05, 4.69) is 16.0 Å². The fourth-order valence-corrected chi connectivity index (χ4v) is 3.50. The van der Waals surface area contributed by atoms with Gasteiger partial charge in [-0.05, 0) is 22.9 Å². The number of aromatic amines is 1. The first-order valence-corrected chi connectivity index (χ1v) is 8.21. The first kappa shape index (κ1) is 13.9. The number of para-hydroxylation sites is 1. The van der Waals surface area contributed by atoms with E-state index in [0.29, 0.717) is 11.3 Å². The predicted octanol–water partition coefficient (Wildman–Crippen LogP) is 5.10. The van der Waals surface area contributed by atoms with Crippen molar-refractivity contribution in [1.29, 1.82) is 0 Å². The number of H-pyrrole nitrogens is 1. The molecule has 0 radical (unpaired) electrons. The van der Waals surface area contributed by atoms with Crippen LogP contribution >= 0.6 is 0 Å². The van der Waals surface area contributed by atoms with Crippen molar-refractivity contribution >= 4 is 38.4 Å². The lowest BCUT2D eigenvalue weighted by atomic mass is 9.99. The molecule has 5 rings (SSSR count). The lowest BCUT2D eigenvalue weighted by Crippen LogP contribution is -2.05. The molecule has 2 heterocycles. The zero-order valence-corrected chi connectivity index (χ0v) is 13.4. The fraction of sp³-hybridized carbons (Fsp3) is 0. The van der Waals surface area contributed by atoms with Crippen LogP contribution in [0.1, 0.15) is 16.1 Å². The number of aromatic nitrogens is 2.